The fourth-order valence-corrected chi connectivity index (χ4v) is 5.91. The van der Waals surface area contributed by atoms with E-state index in [2.05, 4.69) is 25.5 Å². The highest BCUT2D eigenvalue weighted by Gasteiger charge is 2.48. The van der Waals surface area contributed by atoms with Gasteiger partial charge in [0.1, 0.15) is 11.5 Å². The van der Waals surface area contributed by atoms with Crippen LogP contribution in [-0.2, 0) is 4.79 Å². The van der Waals surface area contributed by atoms with Crippen LogP contribution in [0.1, 0.15) is 55.7 Å². The molecule has 3 heterocycles. The molecule has 4 fully saturated rings. The summed E-state index contributed by atoms with van der Waals surface area (Å²) in [4.78, 5) is 22.7. The fraction of sp³-hybridized carbons (Fsp3) is 0.565. The average Bonchev–Trinajstić information content (AvgIpc) is 3.54. The molecule has 2 aromatic heterocycles. The minimum absolute atomic E-state index is 0.0130. The summed E-state index contributed by atoms with van der Waals surface area (Å²) in [6, 6.07) is -0.376. The first kappa shape index (κ1) is 20.6. The summed E-state index contributed by atoms with van der Waals surface area (Å²) in [5.74, 6) is -1.10. The van der Waals surface area contributed by atoms with Crippen molar-refractivity contribution in [2.45, 2.75) is 50.5 Å². The maximum atomic E-state index is 15.5. The third-order valence-corrected chi connectivity index (χ3v) is 7.71. The second-order valence-corrected chi connectivity index (χ2v) is 9.86. The van der Waals surface area contributed by atoms with Gasteiger partial charge in [0.15, 0.2) is 23.3 Å². The van der Waals surface area contributed by atoms with Gasteiger partial charge < -0.3 is 15.3 Å². The standard InChI is InChI=1S/C23H26F2N6O2/c1-31-9-13(24)8-14-19(29-30-22(14)31)21-27-18(12-6-7-12)16(25)20(28-21)26-17-11-4-2-10(3-5-11)15(17)23(32)33/h8,10-12,15,17H,2-7,9H2,1H3,(H,29,30)(H,32,33)(H,26,27,28)/t10?,11?,15-,17-/m0/s1. The molecule has 2 bridgehead atoms. The summed E-state index contributed by atoms with van der Waals surface area (Å²) in [5.41, 5.74) is 1.28. The van der Waals surface area contributed by atoms with Gasteiger partial charge in [-0.25, -0.2) is 18.7 Å². The summed E-state index contributed by atoms with van der Waals surface area (Å²) in [7, 11) is 1.74. The van der Waals surface area contributed by atoms with Gasteiger partial charge in [0.05, 0.1) is 23.7 Å². The number of rotatable bonds is 5. The Balaban J connectivity index is 1.42. The zero-order valence-electron chi connectivity index (χ0n) is 18.3. The van der Waals surface area contributed by atoms with Crippen LogP contribution >= 0.6 is 0 Å². The van der Waals surface area contributed by atoms with Crippen molar-refractivity contribution in [2.24, 2.45) is 17.8 Å². The molecule has 1 aliphatic heterocycles. The lowest BCUT2D eigenvalue weighted by Crippen LogP contribution is -2.51. The number of carbonyl (C=O) groups is 1. The Morgan fingerprint density at radius 1 is 1.15 bits per heavy atom. The highest BCUT2D eigenvalue weighted by atomic mass is 19.1. The molecular weight excluding hydrogens is 430 g/mol. The van der Waals surface area contributed by atoms with Gasteiger partial charge >= 0.3 is 5.97 Å². The van der Waals surface area contributed by atoms with Gasteiger partial charge in [-0.15, -0.1) is 0 Å². The van der Waals surface area contributed by atoms with E-state index in [1.807, 2.05) is 0 Å². The Kier molecular flexibility index (Phi) is 4.67. The molecule has 4 aliphatic carbocycles. The monoisotopic (exact) mass is 456 g/mol. The van der Waals surface area contributed by atoms with Crippen LogP contribution in [0.15, 0.2) is 5.83 Å². The van der Waals surface area contributed by atoms with E-state index in [0.717, 1.165) is 38.5 Å². The van der Waals surface area contributed by atoms with Gasteiger partial charge in [-0.3, -0.25) is 9.89 Å². The molecule has 0 spiro atoms. The van der Waals surface area contributed by atoms with Gasteiger partial charge in [-0.2, -0.15) is 5.10 Å². The van der Waals surface area contributed by atoms with Crippen molar-refractivity contribution in [2.75, 3.05) is 23.8 Å². The van der Waals surface area contributed by atoms with Crippen molar-refractivity contribution in [3.63, 3.8) is 0 Å². The predicted molar refractivity (Wildman–Crippen MR) is 118 cm³/mol. The van der Waals surface area contributed by atoms with E-state index in [1.165, 1.54) is 6.08 Å². The molecule has 0 saturated heterocycles. The van der Waals surface area contributed by atoms with Crippen molar-refractivity contribution in [1.82, 2.24) is 20.2 Å². The number of fused-ring (bicyclic) bond motifs is 4. The van der Waals surface area contributed by atoms with Crippen molar-refractivity contribution in [3.8, 4) is 11.5 Å². The quantitative estimate of drug-likeness (QED) is 0.625. The normalized spacial score (nSPS) is 28.5. The number of hydrogen-bond donors (Lipinski definition) is 3. The molecule has 4 saturated carbocycles. The number of aromatic amines is 1. The average molecular weight is 456 g/mol. The Morgan fingerprint density at radius 3 is 2.58 bits per heavy atom. The maximum Gasteiger partial charge on any atom is 0.308 e. The molecule has 33 heavy (non-hydrogen) atoms. The van der Waals surface area contributed by atoms with E-state index in [0.29, 0.717) is 22.8 Å². The molecule has 0 radical (unpaired) electrons. The zero-order chi connectivity index (χ0) is 22.9. The highest BCUT2D eigenvalue weighted by Crippen LogP contribution is 2.47. The third-order valence-electron chi connectivity index (χ3n) is 7.71. The van der Waals surface area contributed by atoms with E-state index in [9.17, 15) is 14.3 Å². The number of halogens is 2. The first-order valence-electron chi connectivity index (χ1n) is 11.6. The van der Waals surface area contributed by atoms with Crippen molar-refractivity contribution in [3.05, 3.63) is 22.9 Å². The molecule has 0 amide bonds. The van der Waals surface area contributed by atoms with E-state index in [4.69, 9.17) is 0 Å². The number of hydrogen-bond acceptors (Lipinski definition) is 6. The molecular formula is C23H26F2N6O2. The summed E-state index contributed by atoms with van der Waals surface area (Å²) in [6.45, 7) is 0.127. The van der Waals surface area contributed by atoms with Crippen molar-refractivity contribution >= 4 is 23.7 Å². The number of aromatic nitrogens is 4. The smallest absolute Gasteiger partial charge is 0.308 e. The minimum atomic E-state index is -0.842. The Hall–Kier alpha value is -3.04. The van der Waals surface area contributed by atoms with E-state index in [-0.39, 0.29) is 47.8 Å². The number of carboxylic acid groups (broad SMARTS) is 1. The van der Waals surface area contributed by atoms with Crippen LogP contribution in [0.2, 0.25) is 0 Å². The van der Waals surface area contributed by atoms with Crippen LogP contribution in [0.25, 0.3) is 17.6 Å². The molecule has 5 aliphatic rings. The first-order valence-corrected chi connectivity index (χ1v) is 11.6. The molecule has 2 atom stereocenters. The lowest BCUT2D eigenvalue weighted by atomic mass is 9.61. The SMILES string of the molecule is CN1CC(F)=Cc2c1n[nH]c2-c1nc(N[C@H]2C3CCC(CC3)[C@@H]2C(=O)O)c(F)c(C2CC2)n1. The van der Waals surface area contributed by atoms with Gasteiger partial charge in [-0.05, 0) is 56.4 Å². The second-order valence-electron chi connectivity index (χ2n) is 9.86. The number of likely N-dealkylation sites (N-methyl/N-ethyl adjacent to an activating group) is 1. The van der Waals surface area contributed by atoms with Gasteiger partial charge in [0.2, 0.25) is 0 Å². The van der Waals surface area contributed by atoms with E-state index in [1.54, 1.807) is 11.9 Å². The summed E-state index contributed by atoms with van der Waals surface area (Å²) < 4.78 is 29.7. The lowest BCUT2D eigenvalue weighted by molar-refractivity contribution is -0.148. The highest BCUT2D eigenvalue weighted by molar-refractivity contribution is 5.80. The first-order chi connectivity index (χ1) is 15.9. The molecule has 7 rings (SSSR count). The predicted octanol–water partition coefficient (Wildman–Crippen LogP) is 3.94. The molecule has 10 heteroatoms. The van der Waals surface area contributed by atoms with Crippen molar-refractivity contribution in [1.29, 1.82) is 0 Å². The second kappa shape index (κ2) is 7.50. The molecule has 174 valence electrons. The maximum absolute atomic E-state index is 15.5. The van der Waals surface area contributed by atoms with Crippen molar-refractivity contribution < 1.29 is 18.7 Å². The van der Waals surface area contributed by atoms with Crippen LogP contribution in [-0.4, -0.2) is 50.9 Å². The minimum Gasteiger partial charge on any atom is -0.481 e. The Morgan fingerprint density at radius 2 is 1.88 bits per heavy atom. The Labute approximate surface area is 189 Å². The zero-order valence-corrected chi connectivity index (χ0v) is 18.3. The van der Waals surface area contributed by atoms with E-state index >= 15 is 4.39 Å². The summed E-state index contributed by atoms with van der Waals surface area (Å²) in [5, 5.41) is 20.3. The number of aliphatic carboxylic acids is 1. The van der Waals surface area contributed by atoms with Crippen LogP contribution in [0.4, 0.5) is 20.4 Å². The molecule has 2 aromatic rings. The van der Waals surface area contributed by atoms with E-state index < -0.39 is 17.7 Å². The van der Waals surface area contributed by atoms with Crippen LogP contribution < -0.4 is 10.2 Å². The number of anilines is 2. The number of nitrogens with zero attached hydrogens (tertiary/aromatic N) is 4. The van der Waals surface area contributed by atoms with Crippen LogP contribution in [0, 0.1) is 23.6 Å². The summed E-state index contributed by atoms with van der Waals surface area (Å²) >= 11 is 0. The third kappa shape index (κ3) is 3.38. The topological polar surface area (TPSA) is 107 Å². The number of nitrogens with one attached hydrogen (secondary N) is 2. The van der Waals surface area contributed by atoms with Gasteiger partial charge in [0, 0.05) is 19.0 Å². The molecule has 0 unspecified atom stereocenters. The largest absolute Gasteiger partial charge is 0.481 e. The van der Waals surface area contributed by atoms with Gasteiger partial charge in [0.25, 0.3) is 0 Å². The van der Waals surface area contributed by atoms with Crippen LogP contribution in [0.3, 0.4) is 0 Å². The van der Waals surface area contributed by atoms with Crippen LogP contribution in [0.5, 0.6) is 0 Å². The summed E-state index contributed by atoms with van der Waals surface area (Å²) in [6.07, 6.45) is 6.77. The molecule has 8 nitrogen and oxygen atoms in total. The number of carboxylic acids is 1. The fourth-order valence-electron chi connectivity index (χ4n) is 5.91. The number of H-pyrrole nitrogens is 1. The molecule has 0 aromatic carbocycles. The molecule has 3 N–H and O–H groups in total. The Bertz CT molecular complexity index is 1150. The van der Waals surface area contributed by atoms with Gasteiger partial charge in [-0.1, -0.05) is 0 Å². The lowest BCUT2D eigenvalue weighted by Gasteiger charge is -2.47.